The standard InChI is InChI=1S/C27H31N3O5S/c1-5-34-25-15-13-22(17-26(25)35-6-2)18-28-29-27(31)19-30(24-14-12-20(3)16-21(24)4)36(32,33)23-10-8-7-9-11-23/h7-18H,5-6,19H2,1-4H3,(H,29,31)/b28-18-. The Kier molecular flexibility index (Phi) is 9.08. The number of aryl methyl sites for hydroxylation is 2. The van der Waals surface area contributed by atoms with Crippen LogP contribution in [-0.2, 0) is 14.8 Å². The summed E-state index contributed by atoms with van der Waals surface area (Å²) >= 11 is 0. The lowest BCUT2D eigenvalue weighted by Gasteiger charge is -2.25. The zero-order chi connectivity index (χ0) is 26.1. The van der Waals surface area contributed by atoms with Crippen molar-refractivity contribution in [2.24, 2.45) is 5.10 Å². The van der Waals surface area contributed by atoms with Crippen molar-refractivity contribution in [2.45, 2.75) is 32.6 Å². The lowest BCUT2D eigenvalue weighted by Crippen LogP contribution is -2.40. The van der Waals surface area contributed by atoms with Crippen LogP contribution in [-0.4, -0.2) is 40.3 Å². The SMILES string of the molecule is CCOc1ccc(/C=N\NC(=O)CN(c2ccc(C)cc2C)S(=O)(=O)c2ccccc2)cc1OCC. The van der Waals surface area contributed by atoms with Crippen LogP contribution >= 0.6 is 0 Å². The van der Waals surface area contributed by atoms with E-state index in [-0.39, 0.29) is 4.90 Å². The summed E-state index contributed by atoms with van der Waals surface area (Å²) in [5.41, 5.74) is 5.27. The van der Waals surface area contributed by atoms with Crippen molar-refractivity contribution in [2.75, 3.05) is 24.1 Å². The second kappa shape index (κ2) is 12.2. The molecule has 3 rings (SSSR count). The third kappa shape index (κ3) is 6.63. The molecule has 0 aliphatic heterocycles. The third-order valence-electron chi connectivity index (χ3n) is 5.21. The average Bonchev–Trinajstić information content (AvgIpc) is 2.85. The highest BCUT2D eigenvalue weighted by Gasteiger charge is 2.28. The van der Waals surface area contributed by atoms with Crippen LogP contribution in [0.2, 0.25) is 0 Å². The molecule has 0 saturated carbocycles. The molecule has 190 valence electrons. The third-order valence-corrected chi connectivity index (χ3v) is 6.98. The van der Waals surface area contributed by atoms with Crippen LogP contribution < -0.4 is 19.2 Å². The Labute approximate surface area is 212 Å². The molecule has 0 aliphatic carbocycles. The predicted octanol–water partition coefficient (Wildman–Crippen LogP) is 4.45. The van der Waals surface area contributed by atoms with Crippen LogP contribution in [0.1, 0.15) is 30.5 Å². The van der Waals surface area contributed by atoms with Gasteiger partial charge in [-0.1, -0.05) is 35.9 Å². The number of carbonyl (C=O) groups excluding carboxylic acids is 1. The predicted molar refractivity (Wildman–Crippen MR) is 141 cm³/mol. The van der Waals surface area contributed by atoms with Gasteiger partial charge in [0, 0.05) is 0 Å². The molecule has 0 radical (unpaired) electrons. The number of nitrogens with one attached hydrogen (secondary N) is 1. The average molecular weight is 510 g/mol. The largest absolute Gasteiger partial charge is 0.490 e. The molecule has 0 spiro atoms. The van der Waals surface area contributed by atoms with E-state index in [0.717, 1.165) is 15.4 Å². The van der Waals surface area contributed by atoms with E-state index in [2.05, 4.69) is 10.5 Å². The van der Waals surface area contributed by atoms with E-state index in [4.69, 9.17) is 9.47 Å². The lowest BCUT2D eigenvalue weighted by molar-refractivity contribution is -0.119. The fourth-order valence-electron chi connectivity index (χ4n) is 3.60. The van der Waals surface area contributed by atoms with Gasteiger partial charge in [0.25, 0.3) is 15.9 Å². The molecule has 0 unspecified atom stereocenters. The molecule has 0 atom stereocenters. The van der Waals surface area contributed by atoms with Crippen molar-refractivity contribution in [1.29, 1.82) is 0 Å². The van der Waals surface area contributed by atoms with Crippen molar-refractivity contribution < 1.29 is 22.7 Å². The molecule has 0 aromatic heterocycles. The number of amides is 1. The first-order valence-corrected chi connectivity index (χ1v) is 13.1. The lowest BCUT2D eigenvalue weighted by atomic mass is 10.1. The minimum Gasteiger partial charge on any atom is -0.490 e. The fourth-order valence-corrected chi connectivity index (χ4v) is 5.10. The van der Waals surface area contributed by atoms with Gasteiger partial charge in [0.05, 0.1) is 30.0 Å². The summed E-state index contributed by atoms with van der Waals surface area (Å²) in [6.07, 6.45) is 1.46. The van der Waals surface area contributed by atoms with E-state index in [1.165, 1.54) is 18.3 Å². The number of hydrogen-bond acceptors (Lipinski definition) is 6. The van der Waals surface area contributed by atoms with Crippen LogP contribution in [0.25, 0.3) is 0 Å². The molecular formula is C27H31N3O5S. The summed E-state index contributed by atoms with van der Waals surface area (Å²) in [6, 6.07) is 18.7. The van der Waals surface area contributed by atoms with Crippen molar-refractivity contribution >= 4 is 27.8 Å². The minimum atomic E-state index is -3.99. The molecule has 0 bridgehead atoms. The van der Waals surface area contributed by atoms with Gasteiger partial charge in [-0.05, 0) is 75.2 Å². The number of anilines is 1. The van der Waals surface area contributed by atoms with Crippen molar-refractivity contribution in [1.82, 2.24) is 5.43 Å². The number of sulfonamides is 1. The summed E-state index contributed by atoms with van der Waals surface area (Å²) in [5, 5.41) is 4.01. The molecule has 1 N–H and O–H groups in total. The Morgan fingerprint density at radius 1 is 0.944 bits per heavy atom. The number of rotatable bonds is 11. The number of nitrogens with zero attached hydrogens (tertiary/aromatic N) is 2. The topological polar surface area (TPSA) is 97.3 Å². The number of benzene rings is 3. The smallest absolute Gasteiger partial charge is 0.264 e. The second-order valence-corrected chi connectivity index (χ2v) is 9.84. The Morgan fingerprint density at radius 3 is 2.31 bits per heavy atom. The Bertz CT molecular complexity index is 1320. The number of hydrazone groups is 1. The van der Waals surface area contributed by atoms with E-state index < -0.39 is 22.5 Å². The van der Waals surface area contributed by atoms with Gasteiger partial charge in [-0.25, -0.2) is 13.8 Å². The van der Waals surface area contributed by atoms with Gasteiger partial charge in [-0.3, -0.25) is 9.10 Å². The van der Waals surface area contributed by atoms with Crippen molar-refractivity contribution in [3.63, 3.8) is 0 Å². The molecule has 0 saturated heterocycles. The summed E-state index contributed by atoms with van der Waals surface area (Å²) < 4.78 is 39.2. The first-order valence-electron chi connectivity index (χ1n) is 11.6. The molecule has 3 aromatic rings. The summed E-state index contributed by atoms with van der Waals surface area (Å²) in [7, 11) is -3.99. The molecule has 0 heterocycles. The highest BCUT2D eigenvalue weighted by molar-refractivity contribution is 7.92. The van der Waals surface area contributed by atoms with Crippen molar-refractivity contribution in [3.8, 4) is 11.5 Å². The zero-order valence-electron chi connectivity index (χ0n) is 20.9. The number of ether oxygens (including phenoxy) is 2. The number of hydrogen-bond donors (Lipinski definition) is 1. The van der Waals surface area contributed by atoms with Crippen LogP contribution in [0, 0.1) is 13.8 Å². The maximum absolute atomic E-state index is 13.5. The van der Waals surface area contributed by atoms with E-state index in [1.54, 1.807) is 42.5 Å². The monoisotopic (exact) mass is 509 g/mol. The van der Waals surface area contributed by atoms with Gasteiger partial charge in [0.1, 0.15) is 6.54 Å². The molecule has 0 fully saturated rings. The normalized spacial score (nSPS) is 11.3. The Morgan fingerprint density at radius 2 is 1.64 bits per heavy atom. The number of carbonyl (C=O) groups is 1. The van der Waals surface area contributed by atoms with E-state index >= 15 is 0 Å². The van der Waals surface area contributed by atoms with Gasteiger partial charge in [0.2, 0.25) is 0 Å². The second-order valence-electron chi connectivity index (χ2n) is 7.98. The highest BCUT2D eigenvalue weighted by atomic mass is 32.2. The van der Waals surface area contributed by atoms with Gasteiger partial charge >= 0.3 is 0 Å². The minimum absolute atomic E-state index is 0.0964. The summed E-state index contributed by atoms with van der Waals surface area (Å²) in [5.74, 6) is 0.613. The Hall–Kier alpha value is -3.85. The molecule has 1 amide bonds. The van der Waals surface area contributed by atoms with Gasteiger partial charge in [-0.15, -0.1) is 0 Å². The van der Waals surface area contributed by atoms with Crippen LogP contribution in [0.4, 0.5) is 5.69 Å². The fraction of sp³-hybridized carbons (Fsp3) is 0.259. The summed E-state index contributed by atoms with van der Waals surface area (Å²) in [4.78, 5) is 12.9. The zero-order valence-corrected chi connectivity index (χ0v) is 21.7. The van der Waals surface area contributed by atoms with E-state index in [0.29, 0.717) is 36.0 Å². The summed E-state index contributed by atoms with van der Waals surface area (Å²) in [6.45, 7) is 8.04. The van der Waals surface area contributed by atoms with Gasteiger partial charge < -0.3 is 9.47 Å². The first kappa shape index (κ1) is 26.7. The first-order chi connectivity index (χ1) is 17.3. The van der Waals surface area contributed by atoms with Gasteiger partial charge in [0.15, 0.2) is 11.5 Å². The Balaban J connectivity index is 1.82. The molecule has 0 aliphatic rings. The molecular weight excluding hydrogens is 478 g/mol. The maximum Gasteiger partial charge on any atom is 0.264 e. The maximum atomic E-state index is 13.5. The van der Waals surface area contributed by atoms with E-state index in [1.807, 2.05) is 39.8 Å². The van der Waals surface area contributed by atoms with Crippen LogP contribution in [0.15, 0.2) is 76.7 Å². The molecule has 8 nitrogen and oxygen atoms in total. The van der Waals surface area contributed by atoms with E-state index in [9.17, 15) is 13.2 Å². The highest BCUT2D eigenvalue weighted by Crippen LogP contribution is 2.29. The van der Waals surface area contributed by atoms with Crippen LogP contribution in [0.3, 0.4) is 0 Å². The molecule has 3 aromatic carbocycles. The molecule has 9 heteroatoms. The quantitative estimate of drug-likeness (QED) is 0.304. The van der Waals surface area contributed by atoms with Gasteiger partial charge in [-0.2, -0.15) is 5.10 Å². The van der Waals surface area contributed by atoms with Crippen molar-refractivity contribution in [3.05, 3.63) is 83.4 Å². The van der Waals surface area contributed by atoms with Crippen LogP contribution in [0.5, 0.6) is 11.5 Å². The molecule has 36 heavy (non-hydrogen) atoms.